The van der Waals surface area contributed by atoms with Crippen molar-refractivity contribution in [2.24, 2.45) is 0 Å². The summed E-state index contributed by atoms with van der Waals surface area (Å²) in [7, 11) is 0. The summed E-state index contributed by atoms with van der Waals surface area (Å²) in [5.74, 6) is 0.753. The molecule has 0 radical (unpaired) electrons. The van der Waals surface area contributed by atoms with Gasteiger partial charge in [0.05, 0.1) is 18.4 Å². The highest BCUT2D eigenvalue weighted by atomic mass is 15.0. The molecule has 0 amide bonds. The average molecular weight is 225 g/mol. The van der Waals surface area contributed by atoms with Gasteiger partial charge in [0.2, 0.25) is 0 Å². The number of nitrogens with one attached hydrogen (secondary N) is 2. The molecule has 0 atom stereocenters. The first-order chi connectivity index (χ1) is 8.42. The van der Waals surface area contributed by atoms with E-state index in [0.717, 1.165) is 22.7 Å². The van der Waals surface area contributed by atoms with E-state index in [1.165, 1.54) is 0 Å². The van der Waals surface area contributed by atoms with Gasteiger partial charge in [0.25, 0.3) is 0 Å². The van der Waals surface area contributed by atoms with Crippen LogP contribution in [-0.4, -0.2) is 19.9 Å². The molecule has 5 nitrogen and oxygen atoms in total. The number of nitrogens with zero attached hydrogens (tertiary/aromatic N) is 3. The van der Waals surface area contributed by atoms with Crippen LogP contribution in [-0.2, 0) is 6.54 Å². The Hall–Kier alpha value is -2.43. The van der Waals surface area contributed by atoms with E-state index >= 15 is 0 Å². The highest BCUT2D eigenvalue weighted by molar-refractivity contribution is 5.71. The van der Waals surface area contributed by atoms with E-state index in [1.54, 1.807) is 12.4 Å². The van der Waals surface area contributed by atoms with Gasteiger partial charge in [-0.1, -0.05) is 6.07 Å². The molecular formula is C12H11N5. The average Bonchev–Trinajstić information content (AvgIpc) is 2.85. The largest absolute Gasteiger partial charge is 0.363 e. The van der Waals surface area contributed by atoms with Gasteiger partial charge in [-0.15, -0.1) is 0 Å². The molecule has 0 fully saturated rings. The normalized spacial score (nSPS) is 10.6. The minimum absolute atomic E-state index is 0.644. The van der Waals surface area contributed by atoms with Crippen LogP contribution in [0, 0.1) is 0 Å². The number of hydrogen-bond donors (Lipinski definition) is 2. The molecule has 3 aromatic rings. The molecule has 3 rings (SSSR count). The lowest BCUT2D eigenvalue weighted by atomic mass is 10.3. The molecule has 0 saturated heterocycles. The van der Waals surface area contributed by atoms with E-state index in [4.69, 9.17) is 0 Å². The third-order valence-corrected chi connectivity index (χ3v) is 2.44. The zero-order valence-electron chi connectivity index (χ0n) is 9.09. The van der Waals surface area contributed by atoms with Crippen LogP contribution in [0.4, 0.5) is 5.82 Å². The molecular weight excluding hydrogens is 214 g/mol. The Labute approximate surface area is 98.0 Å². The van der Waals surface area contributed by atoms with Crippen molar-refractivity contribution in [1.29, 1.82) is 0 Å². The van der Waals surface area contributed by atoms with Crippen LogP contribution >= 0.6 is 0 Å². The van der Waals surface area contributed by atoms with Crippen LogP contribution in [0.5, 0.6) is 0 Å². The second kappa shape index (κ2) is 4.21. The number of H-pyrrole nitrogens is 1. The maximum absolute atomic E-state index is 4.42. The summed E-state index contributed by atoms with van der Waals surface area (Å²) in [6.45, 7) is 0.644. The fraction of sp³-hybridized carbons (Fsp3) is 0.0833. The smallest absolute Gasteiger partial charge is 0.156 e. The first-order valence-corrected chi connectivity index (χ1v) is 5.36. The molecule has 0 aliphatic carbocycles. The molecule has 2 N–H and O–H groups in total. The minimum Gasteiger partial charge on any atom is -0.363 e. The van der Waals surface area contributed by atoms with E-state index in [-0.39, 0.29) is 0 Å². The summed E-state index contributed by atoms with van der Waals surface area (Å²) in [5, 5.41) is 3.19. The van der Waals surface area contributed by atoms with Crippen LogP contribution in [0.2, 0.25) is 0 Å². The quantitative estimate of drug-likeness (QED) is 0.715. The lowest BCUT2D eigenvalue weighted by Crippen LogP contribution is -2.03. The molecule has 0 spiro atoms. The Morgan fingerprint density at radius 2 is 2.18 bits per heavy atom. The number of aromatic amines is 1. The topological polar surface area (TPSA) is 66.5 Å². The van der Waals surface area contributed by atoms with Gasteiger partial charge >= 0.3 is 0 Å². The Bertz CT molecular complexity index is 617. The van der Waals surface area contributed by atoms with Crippen molar-refractivity contribution in [3.8, 4) is 0 Å². The molecule has 0 aromatic carbocycles. The number of aromatic nitrogens is 4. The third-order valence-electron chi connectivity index (χ3n) is 2.44. The molecule has 3 aromatic heterocycles. The van der Waals surface area contributed by atoms with Crippen LogP contribution in [0.1, 0.15) is 5.69 Å². The number of rotatable bonds is 3. The fourth-order valence-corrected chi connectivity index (χ4v) is 1.60. The molecule has 0 unspecified atom stereocenters. The highest BCUT2D eigenvalue weighted by Gasteiger charge is 2.00. The van der Waals surface area contributed by atoms with Crippen molar-refractivity contribution < 1.29 is 0 Å². The summed E-state index contributed by atoms with van der Waals surface area (Å²) < 4.78 is 0. The van der Waals surface area contributed by atoms with E-state index in [2.05, 4.69) is 25.3 Å². The van der Waals surface area contributed by atoms with Gasteiger partial charge < -0.3 is 10.3 Å². The Balaban J connectivity index is 1.76. The predicted octanol–water partition coefficient (Wildman–Crippen LogP) is 1.96. The van der Waals surface area contributed by atoms with E-state index in [0.29, 0.717) is 6.54 Å². The van der Waals surface area contributed by atoms with E-state index < -0.39 is 0 Å². The monoisotopic (exact) mass is 225 g/mol. The third kappa shape index (κ3) is 2.08. The first kappa shape index (κ1) is 9.77. The minimum atomic E-state index is 0.644. The van der Waals surface area contributed by atoms with Gasteiger partial charge in [-0.05, 0) is 18.2 Å². The van der Waals surface area contributed by atoms with Gasteiger partial charge in [-0.2, -0.15) is 0 Å². The van der Waals surface area contributed by atoms with Gasteiger partial charge in [0, 0.05) is 12.4 Å². The zero-order chi connectivity index (χ0) is 11.5. The lowest BCUT2D eigenvalue weighted by molar-refractivity contribution is 1.03. The Morgan fingerprint density at radius 3 is 3.06 bits per heavy atom. The van der Waals surface area contributed by atoms with Crippen molar-refractivity contribution in [3.05, 3.63) is 48.5 Å². The maximum Gasteiger partial charge on any atom is 0.156 e. The molecule has 3 heterocycles. The zero-order valence-corrected chi connectivity index (χ0v) is 9.09. The van der Waals surface area contributed by atoms with Gasteiger partial charge in [0.15, 0.2) is 5.65 Å². The standard InChI is InChI=1S/C12H11N5/c1-2-5-13-9(3-1)7-15-11-8-16-12-10(17-11)4-6-14-12/h1-6,8H,7H2,(H,14,16)(H,15,17). The maximum atomic E-state index is 4.42. The Kier molecular flexibility index (Phi) is 2.42. The molecule has 0 aliphatic rings. The molecule has 17 heavy (non-hydrogen) atoms. The van der Waals surface area contributed by atoms with Gasteiger partial charge in [0.1, 0.15) is 11.3 Å². The molecule has 0 aliphatic heterocycles. The predicted molar refractivity (Wildman–Crippen MR) is 65.5 cm³/mol. The summed E-state index contributed by atoms with van der Waals surface area (Å²) in [4.78, 5) is 15.9. The summed E-state index contributed by atoms with van der Waals surface area (Å²) in [6, 6.07) is 7.73. The Morgan fingerprint density at radius 1 is 1.18 bits per heavy atom. The first-order valence-electron chi connectivity index (χ1n) is 5.36. The molecule has 5 heteroatoms. The lowest BCUT2D eigenvalue weighted by Gasteiger charge is -2.04. The number of fused-ring (bicyclic) bond motifs is 1. The van der Waals surface area contributed by atoms with Crippen molar-refractivity contribution in [2.45, 2.75) is 6.54 Å². The van der Waals surface area contributed by atoms with Crippen molar-refractivity contribution in [2.75, 3.05) is 5.32 Å². The number of pyridine rings is 1. The van der Waals surface area contributed by atoms with Crippen LogP contribution in [0.3, 0.4) is 0 Å². The van der Waals surface area contributed by atoms with Gasteiger partial charge in [-0.25, -0.2) is 9.97 Å². The van der Waals surface area contributed by atoms with Crippen LogP contribution in [0.25, 0.3) is 11.2 Å². The second-order valence-electron chi connectivity index (χ2n) is 3.64. The second-order valence-corrected chi connectivity index (χ2v) is 3.64. The highest BCUT2D eigenvalue weighted by Crippen LogP contribution is 2.10. The van der Waals surface area contributed by atoms with Crippen molar-refractivity contribution in [3.63, 3.8) is 0 Å². The van der Waals surface area contributed by atoms with Crippen LogP contribution < -0.4 is 5.32 Å². The van der Waals surface area contributed by atoms with Crippen molar-refractivity contribution >= 4 is 17.0 Å². The van der Waals surface area contributed by atoms with E-state index in [9.17, 15) is 0 Å². The van der Waals surface area contributed by atoms with Crippen LogP contribution in [0.15, 0.2) is 42.9 Å². The molecule has 84 valence electrons. The van der Waals surface area contributed by atoms with Gasteiger partial charge in [-0.3, -0.25) is 4.98 Å². The number of anilines is 1. The van der Waals surface area contributed by atoms with E-state index in [1.807, 2.05) is 30.5 Å². The summed E-state index contributed by atoms with van der Waals surface area (Å²) in [5.41, 5.74) is 2.63. The fourth-order valence-electron chi connectivity index (χ4n) is 1.60. The summed E-state index contributed by atoms with van der Waals surface area (Å²) >= 11 is 0. The number of hydrogen-bond acceptors (Lipinski definition) is 4. The molecule has 0 bridgehead atoms. The molecule has 0 saturated carbocycles. The summed E-state index contributed by atoms with van der Waals surface area (Å²) in [6.07, 6.45) is 5.31. The van der Waals surface area contributed by atoms with Crippen molar-refractivity contribution in [1.82, 2.24) is 19.9 Å². The SMILES string of the molecule is c1ccc(CNc2cnc3[nH]ccc3n2)nc1.